The largest absolute Gasteiger partial charge is 0.386 e. The van der Waals surface area contributed by atoms with Gasteiger partial charge in [-0.25, -0.2) is 21.6 Å². The fraction of sp³-hybridized carbons (Fsp3) is 0.889. The summed E-state index contributed by atoms with van der Waals surface area (Å²) in [5.41, 5.74) is 4.37. The van der Waals surface area contributed by atoms with E-state index in [4.69, 9.17) is 11.1 Å². The van der Waals surface area contributed by atoms with Gasteiger partial charge in [-0.05, 0) is 12.8 Å². The summed E-state index contributed by atoms with van der Waals surface area (Å²) in [4.78, 5) is 0. The first-order valence-corrected chi connectivity index (χ1v) is 9.31. The maximum atomic E-state index is 11.8. The van der Waals surface area contributed by atoms with Gasteiger partial charge in [0, 0.05) is 6.26 Å². The molecule has 0 saturated heterocycles. The zero-order chi connectivity index (χ0) is 14.0. The van der Waals surface area contributed by atoms with Crippen LogP contribution in [0.25, 0.3) is 0 Å². The summed E-state index contributed by atoms with van der Waals surface area (Å²) in [6.45, 7) is 0. The van der Waals surface area contributed by atoms with Gasteiger partial charge in [0.15, 0.2) is 14.9 Å². The molecule has 0 aromatic heterocycles. The van der Waals surface area contributed by atoms with Gasteiger partial charge in [0.25, 0.3) is 0 Å². The average Bonchev–Trinajstić information content (AvgIpc) is 2.13. The van der Waals surface area contributed by atoms with Gasteiger partial charge in [0.1, 0.15) is 5.84 Å². The zero-order valence-corrected chi connectivity index (χ0v) is 11.9. The molecule has 0 aromatic rings. The molecular formula is C9H19N3O4S2. The van der Waals surface area contributed by atoms with Gasteiger partial charge in [0.2, 0.25) is 10.0 Å². The number of hydrogen-bond donors (Lipinski definition) is 3. The van der Waals surface area contributed by atoms with Crippen LogP contribution in [0.1, 0.15) is 32.1 Å². The number of nitrogens with two attached hydrogens (primary N) is 1. The predicted molar refractivity (Wildman–Crippen MR) is 69.5 cm³/mol. The van der Waals surface area contributed by atoms with E-state index in [0.717, 1.165) is 25.5 Å². The summed E-state index contributed by atoms with van der Waals surface area (Å²) in [5, 5.41) is 6.57. The molecule has 0 heterocycles. The second-order valence-electron chi connectivity index (χ2n) is 4.82. The Morgan fingerprint density at radius 3 is 2.11 bits per heavy atom. The van der Waals surface area contributed by atoms with E-state index in [1.54, 1.807) is 0 Å². The normalized spacial score (nSPS) is 20.5. The van der Waals surface area contributed by atoms with Crippen LogP contribution in [0.15, 0.2) is 0 Å². The molecule has 106 valence electrons. The Bertz CT molecular complexity index is 518. The molecular weight excluding hydrogens is 278 g/mol. The van der Waals surface area contributed by atoms with Crippen molar-refractivity contribution in [3.8, 4) is 0 Å². The molecule has 9 heteroatoms. The highest BCUT2D eigenvalue weighted by molar-refractivity contribution is 8.06. The van der Waals surface area contributed by atoms with E-state index in [1.807, 2.05) is 0 Å². The second kappa shape index (κ2) is 5.14. The minimum atomic E-state index is -4.00. The summed E-state index contributed by atoms with van der Waals surface area (Å²) < 4.78 is 48.0. The van der Waals surface area contributed by atoms with Gasteiger partial charge in [-0.2, -0.15) is 0 Å². The molecule has 0 atom stereocenters. The van der Waals surface area contributed by atoms with Crippen LogP contribution in [-0.2, 0) is 19.9 Å². The van der Waals surface area contributed by atoms with E-state index >= 15 is 0 Å². The van der Waals surface area contributed by atoms with E-state index in [0.29, 0.717) is 12.8 Å². The van der Waals surface area contributed by atoms with Crippen molar-refractivity contribution < 1.29 is 16.8 Å². The third-order valence-electron chi connectivity index (χ3n) is 2.94. The van der Waals surface area contributed by atoms with Crippen molar-refractivity contribution in [2.75, 3.05) is 11.3 Å². The van der Waals surface area contributed by atoms with Crippen molar-refractivity contribution in [3.05, 3.63) is 0 Å². The van der Waals surface area contributed by atoms with E-state index in [9.17, 15) is 16.8 Å². The molecule has 4 N–H and O–H groups in total. The Kier molecular flexibility index (Phi) is 4.39. The molecule has 1 fully saturated rings. The Morgan fingerprint density at radius 2 is 1.72 bits per heavy atom. The van der Waals surface area contributed by atoms with E-state index in [-0.39, 0.29) is 5.84 Å². The molecule has 18 heavy (non-hydrogen) atoms. The highest BCUT2D eigenvalue weighted by atomic mass is 32.3. The van der Waals surface area contributed by atoms with Gasteiger partial charge in [0.05, 0.1) is 5.54 Å². The van der Waals surface area contributed by atoms with Crippen molar-refractivity contribution in [1.29, 1.82) is 5.41 Å². The van der Waals surface area contributed by atoms with Crippen LogP contribution < -0.4 is 10.5 Å². The maximum Gasteiger partial charge on any atom is 0.226 e. The molecule has 1 aliphatic rings. The third kappa shape index (κ3) is 4.21. The predicted octanol–water partition coefficient (Wildman–Crippen LogP) is -0.453. The van der Waals surface area contributed by atoms with Crippen LogP contribution in [0.3, 0.4) is 0 Å². The minimum Gasteiger partial charge on any atom is -0.386 e. The van der Waals surface area contributed by atoms with E-state index in [1.165, 1.54) is 0 Å². The highest BCUT2D eigenvalue weighted by Gasteiger charge is 2.39. The van der Waals surface area contributed by atoms with Crippen molar-refractivity contribution in [3.63, 3.8) is 0 Å². The Balaban J connectivity index is 2.94. The lowest BCUT2D eigenvalue weighted by Crippen LogP contribution is -2.58. The van der Waals surface area contributed by atoms with Crippen LogP contribution in [0.2, 0.25) is 0 Å². The number of sulfone groups is 1. The molecule has 1 saturated carbocycles. The molecule has 1 aliphatic carbocycles. The van der Waals surface area contributed by atoms with Gasteiger partial charge in [-0.1, -0.05) is 19.3 Å². The fourth-order valence-electron chi connectivity index (χ4n) is 2.19. The van der Waals surface area contributed by atoms with Crippen molar-refractivity contribution in [1.82, 2.24) is 4.72 Å². The van der Waals surface area contributed by atoms with Gasteiger partial charge in [-0.15, -0.1) is 0 Å². The summed E-state index contributed by atoms with van der Waals surface area (Å²) in [7, 11) is -7.65. The summed E-state index contributed by atoms with van der Waals surface area (Å²) in [6, 6.07) is 0. The second-order valence-corrected chi connectivity index (χ2v) is 9.04. The van der Waals surface area contributed by atoms with Crippen LogP contribution >= 0.6 is 0 Å². The van der Waals surface area contributed by atoms with Gasteiger partial charge in [-0.3, -0.25) is 5.41 Å². The Morgan fingerprint density at radius 1 is 1.22 bits per heavy atom. The van der Waals surface area contributed by atoms with E-state index < -0.39 is 30.5 Å². The molecule has 0 spiro atoms. The lowest BCUT2D eigenvalue weighted by molar-refractivity contribution is 0.348. The molecule has 7 nitrogen and oxygen atoms in total. The number of sulfonamides is 1. The summed E-state index contributed by atoms with van der Waals surface area (Å²) >= 11 is 0. The molecule has 0 aliphatic heterocycles. The topological polar surface area (TPSA) is 130 Å². The number of nitrogens with one attached hydrogen (secondary N) is 2. The monoisotopic (exact) mass is 297 g/mol. The minimum absolute atomic E-state index is 0.251. The number of amidine groups is 1. The lowest BCUT2D eigenvalue weighted by Gasteiger charge is -2.36. The highest BCUT2D eigenvalue weighted by Crippen LogP contribution is 2.28. The van der Waals surface area contributed by atoms with Crippen LogP contribution in [-0.4, -0.2) is 39.6 Å². The SMILES string of the molecule is CS(=O)(=O)CS(=O)(=O)NC1(C(=N)N)CCCCC1. The van der Waals surface area contributed by atoms with Crippen molar-refractivity contribution in [2.24, 2.45) is 5.73 Å². The molecule has 1 rings (SSSR count). The Labute approximate surface area is 108 Å². The fourth-order valence-corrected chi connectivity index (χ4v) is 5.59. The molecule has 0 bridgehead atoms. The quantitative estimate of drug-likeness (QED) is 0.467. The van der Waals surface area contributed by atoms with Crippen LogP contribution in [0.4, 0.5) is 0 Å². The van der Waals surface area contributed by atoms with Crippen LogP contribution in [0, 0.1) is 5.41 Å². The standard InChI is InChI=1S/C9H19N3O4S2/c1-17(13,14)7-18(15,16)12-9(8(10)11)5-3-2-4-6-9/h12H,2-7H2,1H3,(H3,10,11). The summed E-state index contributed by atoms with van der Waals surface area (Å²) in [5.74, 6) is -0.251. The number of hydrogen-bond acceptors (Lipinski definition) is 5. The van der Waals surface area contributed by atoms with Crippen molar-refractivity contribution in [2.45, 2.75) is 37.6 Å². The van der Waals surface area contributed by atoms with Gasteiger partial charge < -0.3 is 5.73 Å². The Hall–Kier alpha value is -0.670. The molecule has 0 unspecified atom stereocenters. The molecule has 0 amide bonds. The van der Waals surface area contributed by atoms with Crippen LogP contribution in [0.5, 0.6) is 0 Å². The third-order valence-corrected chi connectivity index (χ3v) is 6.60. The molecule has 0 aromatic carbocycles. The number of rotatable bonds is 5. The van der Waals surface area contributed by atoms with E-state index in [2.05, 4.69) is 4.72 Å². The van der Waals surface area contributed by atoms with Crippen molar-refractivity contribution >= 4 is 25.7 Å². The van der Waals surface area contributed by atoms with Gasteiger partial charge >= 0.3 is 0 Å². The first-order chi connectivity index (χ1) is 8.06. The maximum absolute atomic E-state index is 11.8. The molecule has 0 radical (unpaired) electrons. The lowest BCUT2D eigenvalue weighted by atomic mass is 9.82. The smallest absolute Gasteiger partial charge is 0.226 e. The summed E-state index contributed by atoms with van der Waals surface area (Å²) in [6.07, 6.45) is 4.22. The zero-order valence-electron chi connectivity index (χ0n) is 10.3. The first-order valence-electron chi connectivity index (χ1n) is 5.60. The first kappa shape index (κ1) is 15.4. The average molecular weight is 297 g/mol.